The zero-order valence-corrected chi connectivity index (χ0v) is 13.1. The van der Waals surface area contributed by atoms with Crippen LogP contribution in [0, 0.1) is 5.92 Å². The molecule has 3 rings (SSSR count). The lowest BCUT2D eigenvalue weighted by molar-refractivity contribution is 0.127. The van der Waals surface area contributed by atoms with E-state index in [9.17, 15) is 0 Å². The molecule has 2 aliphatic heterocycles. The number of nitrogens with one attached hydrogen (secondary N) is 1. The number of hydrogen-bond acceptors (Lipinski definition) is 4. The van der Waals surface area contributed by atoms with Gasteiger partial charge in [0.15, 0.2) is 11.5 Å². The maximum atomic E-state index is 5.76. The van der Waals surface area contributed by atoms with Crippen LogP contribution in [0.5, 0.6) is 11.5 Å². The van der Waals surface area contributed by atoms with Crippen molar-refractivity contribution in [3.63, 3.8) is 0 Å². The van der Waals surface area contributed by atoms with Gasteiger partial charge in [0.1, 0.15) is 13.2 Å². The third-order valence-corrected chi connectivity index (χ3v) is 4.64. The van der Waals surface area contributed by atoms with E-state index in [0.29, 0.717) is 25.2 Å². The van der Waals surface area contributed by atoms with Crippen molar-refractivity contribution in [2.24, 2.45) is 5.92 Å². The summed E-state index contributed by atoms with van der Waals surface area (Å²) in [5, 5.41) is 3.44. The van der Waals surface area contributed by atoms with Crippen LogP contribution < -0.4 is 14.8 Å². The molecule has 21 heavy (non-hydrogen) atoms. The van der Waals surface area contributed by atoms with Crippen molar-refractivity contribution in [2.45, 2.75) is 26.3 Å². The van der Waals surface area contributed by atoms with Gasteiger partial charge in [0.2, 0.25) is 0 Å². The Bertz CT molecular complexity index is 472. The Morgan fingerprint density at radius 3 is 2.57 bits per heavy atom. The first-order chi connectivity index (χ1) is 10.3. The van der Waals surface area contributed by atoms with Crippen molar-refractivity contribution >= 4 is 0 Å². The molecule has 0 aliphatic carbocycles. The van der Waals surface area contributed by atoms with E-state index in [1.807, 2.05) is 0 Å². The van der Waals surface area contributed by atoms with Crippen molar-refractivity contribution in [2.75, 3.05) is 39.4 Å². The molecule has 0 bridgehead atoms. The molecule has 0 aromatic heterocycles. The molecule has 2 atom stereocenters. The Kier molecular flexibility index (Phi) is 4.66. The molecule has 2 aliphatic rings. The molecule has 1 aromatic carbocycles. The van der Waals surface area contributed by atoms with E-state index in [1.165, 1.54) is 12.0 Å². The third-order valence-electron chi connectivity index (χ3n) is 4.64. The van der Waals surface area contributed by atoms with Crippen molar-refractivity contribution in [1.82, 2.24) is 10.2 Å². The molecular weight excluding hydrogens is 264 g/mol. The largest absolute Gasteiger partial charge is 0.486 e. The summed E-state index contributed by atoms with van der Waals surface area (Å²) in [5.41, 5.74) is 1.36. The zero-order valence-electron chi connectivity index (χ0n) is 13.1. The summed E-state index contributed by atoms with van der Waals surface area (Å²) in [7, 11) is 0. The van der Waals surface area contributed by atoms with Gasteiger partial charge in [0.05, 0.1) is 0 Å². The van der Waals surface area contributed by atoms with Gasteiger partial charge in [-0.2, -0.15) is 0 Å². The number of hydrogen-bond donors (Lipinski definition) is 1. The monoisotopic (exact) mass is 290 g/mol. The number of piperazine rings is 1. The highest BCUT2D eigenvalue weighted by Crippen LogP contribution is 2.37. The van der Waals surface area contributed by atoms with Crippen molar-refractivity contribution in [1.29, 1.82) is 0 Å². The Balaban J connectivity index is 1.88. The topological polar surface area (TPSA) is 33.7 Å². The minimum atomic E-state index is 0.466. The lowest BCUT2D eigenvalue weighted by Gasteiger charge is -2.38. The van der Waals surface area contributed by atoms with Gasteiger partial charge in [0.25, 0.3) is 0 Å². The van der Waals surface area contributed by atoms with Gasteiger partial charge >= 0.3 is 0 Å². The van der Waals surface area contributed by atoms with E-state index >= 15 is 0 Å². The van der Waals surface area contributed by atoms with Crippen LogP contribution in [0.4, 0.5) is 0 Å². The van der Waals surface area contributed by atoms with Crippen LogP contribution in [0.2, 0.25) is 0 Å². The molecule has 0 spiro atoms. The van der Waals surface area contributed by atoms with Gasteiger partial charge in [-0.3, -0.25) is 4.90 Å². The Hall–Kier alpha value is -1.26. The first-order valence-corrected chi connectivity index (χ1v) is 8.14. The standard InChI is InChI=1S/C17H26N2O2/c1-3-13(2)17(19-8-6-18-7-9-19)14-4-5-15-16(12-14)21-11-10-20-15/h4-5,12-13,17-18H,3,6-11H2,1-2H3/t13?,17-/m0/s1. The zero-order chi connectivity index (χ0) is 14.7. The number of benzene rings is 1. The Labute approximate surface area is 127 Å². The first kappa shape index (κ1) is 14.7. The number of ether oxygens (including phenoxy) is 2. The van der Waals surface area contributed by atoms with Gasteiger partial charge in [-0.1, -0.05) is 26.3 Å². The minimum absolute atomic E-state index is 0.466. The molecule has 4 nitrogen and oxygen atoms in total. The highest BCUT2D eigenvalue weighted by atomic mass is 16.6. The van der Waals surface area contributed by atoms with E-state index in [-0.39, 0.29) is 0 Å². The summed E-state index contributed by atoms with van der Waals surface area (Å²) < 4.78 is 11.4. The van der Waals surface area contributed by atoms with Crippen LogP contribution >= 0.6 is 0 Å². The highest BCUT2D eigenvalue weighted by molar-refractivity contribution is 5.44. The molecule has 2 heterocycles. The summed E-state index contributed by atoms with van der Waals surface area (Å²) in [4.78, 5) is 2.61. The fourth-order valence-electron chi connectivity index (χ4n) is 3.33. The molecular formula is C17H26N2O2. The highest BCUT2D eigenvalue weighted by Gasteiger charge is 2.27. The van der Waals surface area contributed by atoms with Gasteiger partial charge in [-0.05, 0) is 23.6 Å². The average Bonchev–Trinajstić information content (AvgIpc) is 2.56. The molecule has 1 saturated heterocycles. The van der Waals surface area contributed by atoms with Crippen molar-refractivity contribution in [3.8, 4) is 11.5 Å². The van der Waals surface area contributed by atoms with Crippen molar-refractivity contribution < 1.29 is 9.47 Å². The quantitative estimate of drug-likeness (QED) is 0.923. The molecule has 1 aromatic rings. The predicted molar refractivity (Wildman–Crippen MR) is 84.1 cm³/mol. The maximum Gasteiger partial charge on any atom is 0.161 e. The van der Waals surface area contributed by atoms with E-state index in [4.69, 9.17) is 9.47 Å². The lowest BCUT2D eigenvalue weighted by Crippen LogP contribution is -2.46. The van der Waals surface area contributed by atoms with E-state index < -0.39 is 0 Å². The first-order valence-electron chi connectivity index (χ1n) is 8.14. The van der Waals surface area contributed by atoms with Crippen LogP contribution in [0.15, 0.2) is 18.2 Å². The average molecular weight is 290 g/mol. The normalized spacial score (nSPS) is 21.8. The molecule has 1 unspecified atom stereocenters. The van der Waals surface area contributed by atoms with Gasteiger partial charge in [-0.15, -0.1) is 0 Å². The van der Waals surface area contributed by atoms with E-state index in [0.717, 1.165) is 37.7 Å². The number of rotatable bonds is 4. The van der Waals surface area contributed by atoms with Gasteiger partial charge < -0.3 is 14.8 Å². The maximum absolute atomic E-state index is 5.76. The SMILES string of the molecule is CCC(C)[C@@H](c1ccc2c(c1)OCCO2)N1CCNCC1. The van der Waals surface area contributed by atoms with Crippen LogP contribution in [0.3, 0.4) is 0 Å². The second-order valence-corrected chi connectivity index (χ2v) is 6.02. The summed E-state index contributed by atoms with van der Waals surface area (Å²) in [6.45, 7) is 10.3. The molecule has 0 amide bonds. The number of nitrogens with zero attached hydrogens (tertiary/aromatic N) is 1. The van der Waals surface area contributed by atoms with Crippen LogP contribution in [-0.2, 0) is 0 Å². The predicted octanol–water partition coefficient (Wildman–Crippen LogP) is 2.45. The smallest absolute Gasteiger partial charge is 0.161 e. The van der Waals surface area contributed by atoms with E-state index in [1.54, 1.807) is 0 Å². The molecule has 1 N–H and O–H groups in total. The Morgan fingerprint density at radius 1 is 1.14 bits per heavy atom. The van der Waals surface area contributed by atoms with Crippen molar-refractivity contribution in [3.05, 3.63) is 23.8 Å². The summed E-state index contributed by atoms with van der Waals surface area (Å²) in [6.07, 6.45) is 1.18. The molecule has 116 valence electrons. The second-order valence-electron chi connectivity index (χ2n) is 6.02. The van der Waals surface area contributed by atoms with E-state index in [2.05, 4.69) is 42.3 Å². The Morgan fingerprint density at radius 2 is 1.86 bits per heavy atom. The third kappa shape index (κ3) is 3.16. The summed E-state index contributed by atoms with van der Waals surface area (Å²) in [5.74, 6) is 2.42. The van der Waals surface area contributed by atoms with Gasteiger partial charge in [0, 0.05) is 32.2 Å². The lowest BCUT2D eigenvalue weighted by atomic mass is 9.90. The molecule has 0 radical (unpaired) electrons. The fourth-order valence-corrected chi connectivity index (χ4v) is 3.33. The van der Waals surface area contributed by atoms with Crippen LogP contribution in [0.1, 0.15) is 31.9 Å². The molecule has 4 heteroatoms. The summed E-state index contributed by atoms with van der Waals surface area (Å²) in [6, 6.07) is 6.94. The molecule has 1 fully saturated rings. The minimum Gasteiger partial charge on any atom is -0.486 e. The second kappa shape index (κ2) is 6.67. The number of fused-ring (bicyclic) bond motifs is 1. The fraction of sp³-hybridized carbons (Fsp3) is 0.647. The summed E-state index contributed by atoms with van der Waals surface area (Å²) >= 11 is 0. The van der Waals surface area contributed by atoms with Crippen LogP contribution in [0.25, 0.3) is 0 Å². The van der Waals surface area contributed by atoms with Crippen LogP contribution in [-0.4, -0.2) is 44.3 Å². The van der Waals surface area contributed by atoms with Gasteiger partial charge in [-0.25, -0.2) is 0 Å². The molecule has 0 saturated carbocycles.